The number of anilines is 1. The molecule has 2 N–H and O–H groups in total. The number of nitrogens with two attached hydrogens (primary N) is 1. The molecule has 19 heavy (non-hydrogen) atoms. The molecule has 0 bridgehead atoms. The van der Waals surface area contributed by atoms with Crippen molar-refractivity contribution in [3.8, 4) is 0 Å². The average Bonchev–Trinajstić information content (AvgIpc) is 2.46. The molecule has 0 aromatic carbocycles. The van der Waals surface area contributed by atoms with Gasteiger partial charge < -0.3 is 10.6 Å². The van der Waals surface area contributed by atoms with E-state index in [0.717, 1.165) is 11.6 Å². The molecule has 0 radical (unpaired) electrons. The van der Waals surface area contributed by atoms with Gasteiger partial charge >= 0.3 is 0 Å². The first-order chi connectivity index (χ1) is 9.11. The van der Waals surface area contributed by atoms with Crippen LogP contribution in [0, 0.1) is 5.92 Å². The Hall–Kier alpha value is -1.16. The number of hydrogen-bond acceptors (Lipinski definition) is 3. The molecule has 0 atom stereocenters. The van der Waals surface area contributed by atoms with E-state index >= 15 is 0 Å². The summed E-state index contributed by atoms with van der Waals surface area (Å²) in [7, 11) is 2.16. The molecule has 0 unspecified atom stereocenters. The van der Waals surface area contributed by atoms with Crippen molar-refractivity contribution < 1.29 is 0 Å². The van der Waals surface area contributed by atoms with Crippen LogP contribution in [0.5, 0.6) is 0 Å². The fourth-order valence-corrected chi connectivity index (χ4v) is 3.01. The number of aromatic nitrogens is 1. The summed E-state index contributed by atoms with van der Waals surface area (Å²) in [5.74, 6) is 0.930. The second-order valence-corrected chi connectivity index (χ2v) is 5.90. The lowest BCUT2D eigenvalue weighted by atomic mass is 9.84. The van der Waals surface area contributed by atoms with Crippen LogP contribution in [0.25, 0.3) is 0 Å². The van der Waals surface area contributed by atoms with Crippen LogP contribution < -0.4 is 10.6 Å². The molecule has 1 aliphatic carbocycles. The summed E-state index contributed by atoms with van der Waals surface area (Å²) in [5.41, 5.74) is 7.42. The molecule has 1 aromatic heterocycles. The molecule has 1 fully saturated rings. The molecule has 0 saturated heterocycles. The van der Waals surface area contributed by atoms with E-state index in [-0.39, 0.29) is 0 Å². The monoisotopic (exact) mass is 277 g/mol. The van der Waals surface area contributed by atoms with E-state index < -0.39 is 0 Å². The molecule has 104 valence electrons. The molecule has 1 heterocycles. The second-order valence-electron chi connectivity index (χ2n) is 5.46. The molecule has 0 spiro atoms. The maximum Gasteiger partial charge on any atom is 0.122 e. The van der Waals surface area contributed by atoms with Gasteiger partial charge in [-0.3, -0.25) is 4.98 Å². The minimum absolute atomic E-state index is 0.359. The molecular formula is C15H23N3S. The van der Waals surface area contributed by atoms with E-state index in [0.29, 0.717) is 16.7 Å². The lowest BCUT2D eigenvalue weighted by molar-refractivity contribution is 0.313. The van der Waals surface area contributed by atoms with Gasteiger partial charge in [0.2, 0.25) is 0 Å². The summed E-state index contributed by atoms with van der Waals surface area (Å²) in [4.78, 5) is 7.03. The SMILES string of the molecule is CCC1CCC(N(C)c2ccc(C(N)=S)nc2)CC1. The average molecular weight is 277 g/mol. The fourth-order valence-electron chi connectivity index (χ4n) is 2.89. The predicted octanol–water partition coefficient (Wildman–Crippen LogP) is 3.12. The number of nitrogens with zero attached hydrogens (tertiary/aromatic N) is 2. The summed E-state index contributed by atoms with van der Waals surface area (Å²) < 4.78 is 0. The minimum Gasteiger partial charge on any atom is -0.388 e. The Morgan fingerprint density at radius 3 is 2.53 bits per heavy atom. The zero-order chi connectivity index (χ0) is 13.8. The maximum atomic E-state index is 5.57. The molecule has 4 heteroatoms. The molecule has 1 saturated carbocycles. The van der Waals surface area contributed by atoms with E-state index in [9.17, 15) is 0 Å². The highest BCUT2D eigenvalue weighted by molar-refractivity contribution is 7.80. The molecule has 2 rings (SSSR count). The Bertz CT molecular complexity index is 422. The van der Waals surface area contributed by atoms with Gasteiger partial charge in [0.05, 0.1) is 17.6 Å². The van der Waals surface area contributed by atoms with Crippen molar-refractivity contribution in [2.75, 3.05) is 11.9 Å². The second kappa shape index (κ2) is 6.33. The van der Waals surface area contributed by atoms with Gasteiger partial charge in [-0.25, -0.2) is 0 Å². The molecule has 1 aliphatic rings. The van der Waals surface area contributed by atoms with Gasteiger partial charge in [-0.1, -0.05) is 25.6 Å². The lowest BCUT2D eigenvalue weighted by Crippen LogP contribution is -2.35. The highest BCUT2D eigenvalue weighted by atomic mass is 32.1. The largest absolute Gasteiger partial charge is 0.388 e. The first-order valence-corrected chi connectivity index (χ1v) is 7.51. The van der Waals surface area contributed by atoms with Crippen molar-refractivity contribution in [2.45, 2.75) is 45.1 Å². The molecule has 1 aromatic rings. The summed E-state index contributed by atoms with van der Waals surface area (Å²) in [6.07, 6.45) is 8.47. The van der Waals surface area contributed by atoms with Crippen LogP contribution in [0.15, 0.2) is 18.3 Å². The Balaban J connectivity index is 1.99. The Labute approximate surface area is 121 Å². The van der Waals surface area contributed by atoms with Crippen LogP contribution in [0.4, 0.5) is 5.69 Å². The molecular weight excluding hydrogens is 254 g/mol. The van der Waals surface area contributed by atoms with Gasteiger partial charge in [0.25, 0.3) is 0 Å². The number of thiocarbonyl (C=S) groups is 1. The third-order valence-electron chi connectivity index (χ3n) is 4.35. The van der Waals surface area contributed by atoms with Gasteiger partial charge in [-0.05, 0) is 43.7 Å². The fraction of sp³-hybridized carbons (Fsp3) is 0.600. The highest BCUT2D eigenvalue weighted by Gasteiger charge is 2.23. The lowest BCUT2D eigenvalue weighted by Gasteiger charge is -2.35. The summed E-state index contributed by atoms with van der Waals surface area (Å²) in [6, 6.07) is 4.61. The van der Waals surface area contributed by atoms with Crippen molar-refractivity contribution in [3.63, 3.8) is 0 Å². The van der Waals surface area contributed by atoms with E-state index in [1.807, 2.05) is 12.3 Å². The quantitative estimate of drug-likeness (QED) is 0.859. The van der Waals surface area contributed by atoms with Crippen LogP contribution in [-0.4, -0.2) is 23.1 Å². The zero-order valence-corrected chi connectivity index (χ0v) is 12.6. The van der Waals surface area contributed by atoms with Crippen LogP contribution in [0.3, 0.4) is 0 Å². The van der Waals surface area contributed by atoms with Crippen molar-refractivity contribution in [1.82, 2.24) is 4.98 Å². The third kappa shape index (κ3) is 3.44. The van der Waals surface area contributed by atoms with Gasteiger partial charge in [0, 0.05) is 13.1 Å². The van der Waals surface area contributed by atoms with Gasteiger partial charge in [0.15, 0.2) is 0 Å². The number of pyridine rings is 1. The molecule has 0 amide bonds. The van der Waals surface area contributed by atoms with Crippen LogP contribution in [-0.2, 0) is 0 Å². The Morgan fingerprint density at radius 2 is 2.05 bits per heavy atom. The third-order valence-corrected chi connectivity index (χ3v) is 4.56. The molecule has 3 nitrogen and oxygen atoms in total. The van der Waals surface area contributed by atoms with E-state index in [2.05, 4.69) is 29.9 Å². The first kappa shape index (κ1) is 14.3. The van der Waals surface area contributed by atoms with Gasteiger partial charge in [0.1, 0.15) is 4.99 Å². The van der Waals surface area contributed by atoms with Crippen LogP contribution >= 0.6 is 12.2 Å². The van der Waals surface area contributed by atoms with Gasteiger partial charge in [-0.2, -0.15) is 0 Å². The highest BCUT2D eigenvalue weighted by Crippen LogP contribution is 2.30. The Morgan fingerprint density at radius 1 is 1.37 bits per heavy atom. The van der Waals surface area contributed by atoms with Gasteiger partial charge in [-0.15, -0.1) is 0 Å². The summed E-state index contributed by atoms with van der Waals surface area (Å²) in [5, 5.41) is 0. The summed E-state index contributed by atoms with van der Waals surface area (Å²) in [6.45, 7) is 2.30. The first-order valence-electron chi connectivity index (χ1n) is 7.10. The van der Waals surface area contributed by atoms with Crippen molar-refractivity contribution in [1.29, 1.82) is 0 Å². The van der Waals surface area contributed by atoms with E-state index in [4.69, 9.17) is 18.0 Å². The standard InChI is InChI=1S/C15H23N3S/c1-3-11-4-6-12(7-5-11)18(2)13-8-9-14(15(16)19)17-10-13/h8-12H,3-7H2,1-2H3,(H2,16,19). The molecule has 0 aliphatic heterocycles. The zero-order valence-electron chi connectivity index (χ0n) is 11.8. The van der Waals surface area contributed by atoms with E-state index in [1.165, 1.54) is 32.1 Å². The van der Waals surface area contributed by atoms with Crippen LogP contribution in [0.2, 0.25) is 0 Å². The van der Waals surface area contributed by atoms with E-state index in [1.54, 1.807) is 0 Å². The summed E-state index contributed by atoms with van der Waals surface area (Å²) >= 11 is 4.92. The maximum absolute atomic E-state index is 5.57. The normalized spacial score (nSPS) is 23.1. The van der Waals surface area contributed by atoms with Crippen molar-refractivity contribution in [3.05, 3.63) is 24.0 Å². The van der Waals surface area contributed by atoms with Crippen LogP contribution in [0.1, 0.15) is 44.7 Å². The number of rotatable bonds is 4. The Kier molecular flexibility index (Phi) is 4.75. The number of hydrogen-bond donors (Lipinski definition) is 1. The predicted molar refractivity (Wildman–Crippen MR) is 84.6 cm³/mol. The smallest absolute Gasteiger partial charge is 0.122 e. The van der Waals surface area contributed by atoms with Crippen molar-refractivity contribution in [2.24, 2.45) is 11.7 Å². The minimum atomic E-state index is 0.359. The topological polar surface area (TPSA) is 42.1 Å². The van der Waals surface area contributed by atoms with Crippen molar-refractivity contribution >= 4 is 22.9 Å².